The van der Waals surface area contributed by atoms with Crippen molar-refractivity contribution in [3.05, 3.63) is 71.3 Å². The zero-order valence-electron chi connectivity index (χ0n) is 13.3. The van der Waals surface area contributed by atoms with Gasteiger partial charge in [-0.05, 0) is 37.3 Å². The maximum atomic E-state index is 13.3. The van der Waals surface area contributed by atoms with Gasteiger partial charge in [0.05, 0.1) is 5.02 Å². The minimum Gasteiger partial charge on any atom is -0.340 e. The number of hydrogen-bond acceptors (Lipinski definition) is 4. The number of nitrogens with zero attached hydrogens (tertiary/aromatic N) is 3. The first kappa shape index (κ1) is 16.2. The first-order chi connectivity index (χ1) is 11.5. The van der Waals surface area contributed by atoms with Gasteiger partial charge >= 0.3 is 0 Å². The Morgan fingerprint density at radius 2 is 1.79 bits per heavy atom. The van der Waals surface area contributed by atoms with Gasteiger partial charge in [-0.15, -0.1) is 0 Å². The van der Waals surface area contributed by atoms with E-state index in [1.807, 2.05) is 55.3 Å². The summed E-state index contributed by atoms with van der Waals surface area (Å²) in [5.74, 6) is 1.55. The van der Waals surface area contributed by atoms with Crippen LogP contribution >= 0.6 is 11.6 Å². The summed E-state index contributed by atoms with van der Waals surface area (Å²) in [6.07, 6.45) is 0. The molecule has 3 aromatic rings. The van der Waals surface area contributed by atoms with Gasteiger partial charge in [0, 0.05) is 24.5 Å². The van der Waals surface area contributed by atoms with Crippen molar-refractivity contribution in [1.82, 2.24) is 9.97 Å². The van der Waals surface area contributed by atoms with E-state index < -0.39 is 5.82 Å². The Kier molecular flexibility index (Phi) is 4.62. The van der Waals surface area contributed by atoms with Crippen LogP contribution in [-0.2, 0) is 0 Å². The Bertz CT molecular complexity index is 855. The highest BCUT2D eigenvalue weighted by Gasteiger charge is 2.09. The molecule has 1 aromatic heterocycles. The number of hydrogen-bond donors (Lipinski definition) is 1. The molecular weight excluding hydrogens is 327 g/mol. The van der Waals surface area contributed by atoms with Crippen molar-refractivity contribution in [2.75, 3.05) is 17.3 Å². The van der Waals surface area contributed by atoms with Gasteiger partial charge in [-0.1, -0.05) is 29.8 Å². The van der Waals surface area contributed by atoms with Crippen LogP contribution in [0.4, 0.5) is 27.4 Å². The van der Waals surface area contributed by atoms with Gasteiger partial charge in [-0.2, -0.15) is 0 Å². The van der Waals surface area contributed by atoms with E-state index in [0.717, 1.165) is 11.5 Å². The Morgan fingerprint density at radius 1 is 1.04 bits per heavy atom. The van der Waals surface area contributed by atoms with Crippen molar-refractivity contribution in [2.24, 2.45) is 0 Å². The van der Waals surface area contributed by atoms with Crippen molar-refractivity contribution in [1.29, 1.82) is 0 Å². The summed E-state index contributed by atoms with van der Waals surface area (Å²) in [7, 11) is 1.94. The highest BCUT2D eigenvalue weighted by Crippen LogP contribution is 2.26. The summed E-state index contributed by atoms with van der Waals surface area (Å²) < 4.78 is 13.3. The van der Waals surface area contributed by atoms with Gasteiger partial charge in [0.2, 0.25) is 0 Å². The molecule has 4 nitrogen and oxygen atoms in total. The van der Waals surface area contributed by atoms with Gasteiger partial charge < -0.3 is 10.2 Å². The molecular formula is C18H16ClFN4. The average molecular weight is 343 g/mol. The molecule has 0 fully saturated rings. The molecule has 0 aliphatic heterocycles. The van der Waals surface area contributed by atoms with Crippen molar-refractivity contribution in [3.63, 3.8) is 0 Å². The lowest BCUT2D eigenvalue weighted by molar-refractivity contribution is 0.628. The van der Waals surface area contributed by atoms with Gasteiger partial charge in [-0.25, -0.2) is 14.4 Å². The number of rotatable bonds is 4. The van der Waals surface area contributed by atoms with Crippen molar-refractivity contribution >= 4 is 34.6 Å². The average Bonchev–Trinajstić information content (AvgIpc) is 2.58. The summed E-state index contributed by atoms with van der Waals surface area (Å²) in [4.78, 5) is 10.8. The third-order valence-corrected chi connectivity index (χ3v) is 3.79. The van der Waals surface area contributed by atoms with Crippen LogP contribution in [-0.4, -0.2) is 17.0 Å². The number of aryl methyl sites for hydroxylation is 1. The maximum absolute atomic E-state index is 13.3. The number of halogens is 2. The minimum atomic E-state index is -0.453. The number of nitrogens with one attached hydrogen (secondary N) is 1. The van der Waals surface area contributed by atoms with Crippen molar-refractivity contribution in [3.8, 4) is 0 Å². The number of para-hydroxylation sites is 1. The molecule has 2 aromatic carbocycles. The standard InChI is InChI=1S/C18H16ClFN4/c1-12-21-17(23-13-8-9-16(20)15(19)10-13)11-18(22-12)24(2)14-6-4-3-5-7-14/h3-11H,1-2H3,(H,21,22,23). The lowest BCUT2D eigenvalue weighted by atomic mass is 10.3. The molecule has 0 amide bonds. The van der Waals surface area contributed by atoms with E-state index in [2.05, 4.69) is 15.3 Å². The quantitative estimate of drug-likeness (QED) is 0.717. The van der Waals surface area contributed by atoms with Crippen molar-refractivity contribution in [2.45, 2.75) is 6.92 Å². The van der Waals surface area contributed by atoms with E-state index >= 15 is 0 Å². The van der Waals surface area contributed by atoms with Crippen LogP contribution in [0.2, 0.25) is 5.02 Å². The third kappa shape index (κ3) is 3.63. The van der Waals surface area contributed by atoms with E-state index in [1.165, 1.54) is 12.1 Å². The molecule has 0 radical (unpaired) electrons. The first-order valence-corrected chi connectivity index (χ1v) is 7.77. The van der Waals surface area contributed by atoms with Gasteiger partial charge in [0.25, 0.3) is 0 Å². The largest absolute Gasteiger partial charge is 0.340 e. The van der Waals surface area contributed by atoms with Crippen LogP contribution in [0.1, 0.15) is 5.82 Å². The molecule has 3 rings (SSSR count). The Morgan fingerprint density at radius 3 is 2.50 bits per heavy atom. The van der Waals surface area contributed by atoms with Gasteiger partial charge in [0.1, 0.15) is 23.3 Å². The molecule has 0 saturated heterocycles. The smallest absolute Gasteiger partial charge is 0.141 e. The number of anilines is 4. The highest BCUT2D eigenvalue weighted by atomic mass is 35.5. The molecule has 0 aliphatic carbocycles. The summed E-state index contributed by atoms with van der Waals surface area (Å²) >= 11 is 5.82. The SMILES string of the molecule is Cc1nc(Nc2ccc(F)c(Cl)c2)cc(N(C)c2ccccc2)n1. The van der Waals surface area contributed by atoms with E-state index in [9.17, 15) is 4.39 Å². The molecule has 1 heterocycles. The van der Waals surface area contributed by atoms with Gasteiger partial charge in [-0.3, -0.25) is 0 Å². The zero-order valence-corrected chi connectivity index (χ0v) is 14.0. The normalized spacial score (nSPS) is 10.5. The van der Waals surface area contributed by atoms with Crippen LogP contribution < -0.4 is 10.2 Å². The minimum absolute atomic E-state index is 0.0624. The molecule has 0 atom stereocenters. The number of benzene rings is 2. The molecule has 1 N–H and O–H groups in total. The van der Waals surface area contributed by atoms with Crippen LogP contribution in [0.25, 0.3) is 0 Å². The lowest BCUT2D eigenvalue weighted by Crippen LogP contribution is -2.12. The topological polar surface area (TPSA) is 41.1 Å². The highest BCUT2D eigenvalue weighted by molar-refractivity contribution is 6.31. The molecule has 0 saturated carbocycles. The van der Waals surface area contributed by atoms with Gasteiger partial charge in [0.15, 0.2) is 0 Å². The monoisotopic (exact) mass is 342 g/mol. The summed E-state index contributed by atoms with van der Waals surface area (Å²) in [5, 5.41) is 3.19. The molecule has 122 valence electrons. The fourth-order valence-electron chi connectivity index (χ4n) is 2.29. The zero-order chi connectivity index (χ0) is 17.1. The van der Waals surface area contributed by atoms with Crippen LogP contribution in [0, 0.1) is 12.7 Å². The predicted octanol–water partition coefficient (Wildman–Crippen LogP) is 5.09. The Labute approximate surface area is 144 Å². The second-order valence-electron chi connectivity index (χ2n) is 5.31. The molecule has 0 bridgehead atoms. The first-order valence-electron chi connectivity index (χ1n) is 7.39. The third-order valence-electron chi connectivity index (χ3n) is 3.50. The van der Waals surface area contributed by atoms with Crippen LogP contribution in [0.5, 0.6) is 0 Å². The Hall–Kier alpha value is -2.66. The van der Waals surface area contributed by atoms with E-state index in [1.54, 1.807) is 6.07 Å². The van der Waals surface area contributed by atoms with E-state index in [0.29, 0.717) is 17.3 Å². The van der Waals surface area contributed by atoms with E-state index in [4.69, 9.17) is 11.6 Å². The molecule has 0 aliphatic rings. The van der Waals surface area contributed by atoms with Crippen LogP contribution in [0.15, 0.2) is 54.6 Å². The molecule has 0 spiro atoms. The number of aromatic nitrogens is 2. The Balaban J connectivity index is 1.90. The van der Waals surface area contributed by atoms with Crippen LogP contribution in [0.3, 0.4) is 0 Å². The predicted molar refractivity (Wildman–Crippen MR) is 96.0 cm³/mol. The maximum Gasteiger partial charge on any atom is 0.141 e. The van der Waals surface area contributed by atoms with Crippen molar-refractivity contribution < 1.29 is 4.39 Å². The summed E-state index contributed by atoms with van der Waals surface area (Å²) in [5.41, 5.74) is 1.68. The second-order valence-corrected chi connectivity index (χ2v) is 5.71. The van der Waals surface area contributed by atoms with E-state index in [-0.39, 0.29) is 5.02 Å². The second kappa shape index (κ2) is 6.84. The molecule has 6 heteroatoms. The molecule has 0 unspecified atom stereocenters. The fraction of sp³-hybridized carbons (Fsp3) is 0.111. The molecule has 24 heavy (non-hydrogen) atoms. The summed E-state index contributed by atoms with van der Waals surface area (Å²) in [6, 6.07) is 16.2. The fourth-order valence-corrected chi connectivity index (χ4v) is 2.47. The summed E-state index contributed by atoms with van der Waals surface area (Å²) in [6.45, 7) is 1.82. The lowest BCUT2D eigenvalue weighted by Gasteiger charge is -2.19.